The normalized spacial score (nSPS) is 19.2. The molecule has 0 aromatic heterocycles. The molecule has 2 aliphatic carbocycles. The number of fused-ring (bicyclic) bond motifs is 8. The highest BCUT2D eigenvalue weighted by Gasteiger charge is 2.47. The van der Waals surface area contributed by atoms with Crippen LogP contribution < -0.4 is 0 Å². The van der Waals surface area contributed by atoms with Gasteiger partial charge in [0.05, 0.1) is 26.4 Å². The Kier molecular flexibility index (Phi) is 6.27. The van der Waals surface area contributed by atoms with Crippen LogP contribution in [0.1, 0.15) is 44.5 Å². The van der Waals surface area contributed by atoms with Crippen LogP contribution in [0.3, 0.4) is 0 Å². The van der Waals surface area contributed by atoms with E-state index in [9.17, 15) is 4.89 Å². The topological polar surface area (TPSA) is 75.6 Å². The molecule has 2 saturated heterocycles. The van der Waals surface area contributed by atoms with Gasteiger partial charge in [0.1, 0.15) is 11.5 Å². The molecule has 0 radical (unpaired) electrons. The van der Waals surface area contributed by atoms with Gasteiger partial charge in [-0.2, -0.15) is 0 Å². The van der Waals surface area contributed by atoms with Crippen LogP contribution in [-0.4, -0.2) is 31.3 Å². The first-order valence-corrected chi connectivity index (χ1v) is 15.0. The van der Waals surface area contributed by atoms with Crippen LogP contribution in [0.5, 0.6) is 0 Å². The van der Waals surface area contributed by atoms with Gasteiger partial charge in [-0.15, -0.1) is 0 Å². The summed E-state index contributed by atoms with van der Waals surface area (Å²) in [4.78, 5) is 11.4. The quantitative estimate of drug-likeness (QED) is 0.268. The monoisotopic (exact) mass is 578 g/mol. The number of hydrogen-bond acceptors (Lipinski definition) is 7. The van der Waals surface area contributed by atoms with Gasteiger partial charge in [0.15, 0.2) is 0 Å². The van der Waals surface area contributed by atoms with Gasteiger partial charge in [0.25, 0.3) is 0 Å². The zero-order chi connectivity index (χ0) is 28.1. The van der Waals surface area contributed by atoms with Crippen molar-refractivity contribution < 1.29 is 32.9 Å². The van der Waals surface area contributed by atoms with Crippen molar-refractivity contribution in [2.45, 2.75) is 11.6 Å². The highest BCUT2D eigenvalue weighted by atomic mass is 31.2. The second-order valence-electron chi connectivity index (χ2n) is 10.3. The number of rotatable bonds is 4. The van der Waals surface area contributed by atoms with Gasteiger partial charge >= 0.3 is 8.60 Å². The minimum Gasteiger partial charge on any atom is -0.417 e. The molecule has 2 spiro atoms. The molecule has 8 rings (SSSR count). The van der Waals surface area contributed by atoms with Gasteiger partial charge in [0.2, 0.25) is 11.6 Å². The lowest BCUT2D eigenvalue weighted by Gasteiger charge is -2.30. The third-order valence-corrected chi connectivity index (χ3v) is 8.74. The fourth-order valence-corrected chi connectivity index (χ4v) is 7.00. The van der Waals surface area contributed by atoms with E-state index >= 15 is 0 Å². The average Bonchev–Trinajstić information content (AvgIpc) is 3.69. The Balaban J connectivity index is 1.19. The Hall–Kier alpha value is -3.81. The first-order valence-electron chi connectivity index (χ1n) is 13.9. The molecule has 4 aliphatic rings. The minimum absolute atomic E-state index is 0.462. The van der Waals surface area contributed by atoms with Crippen molar-refractivity contribution in [3.63, 3.8) is 0 Å². The maximum atomic E-state index is 11.4. The van der Waals surface area contributed by atoms with Crippen molar-refractivity contribution in [2.75, 3.05) is 26.4 Å². The van der Waals surface area contributed by atoms with E-state index < -0.39 is 20.2 Å². The second kappa shape index (κ2) is 10.2. The summed E-state index contributed by atoms with van der Waals surface area (Å²) in [5.41, 5.74) is 6.66. The van der Waals surface area contributed by atoms with Crippen molar-refractivity contribution in [1.82, 2.24) is 0 Å². The molecule has 42 heavy (non-hydrogen) atoms. The summed E-state index contributed by atoms with van der Waals surface area (Å²) >= 11 is 0. The lowest BCUT2D eigenvalue weighted by atomic mass is 9.92. The van der Waals surface area contributed by atoms with Crippen LogP contribution in [0.4, 0.5) is 0 Å². The molecule has 210 valence electrons. The molecule has 2 aliphatic heterocycles. The largest absolute Gasteiger partial charge is 0.460 e. The lowest BCUT2D eigenvalue weighted by Crippen LogP contribution is -2.30. The SMILES string of the molecule is OP(OC1=Cc2ccccc2C2(OCCO2)c2ccccc21)OC1=Cc2ccccc2C2(OCCO2)c2ccccc21. The Bertz CT molecular complexity index is 1610. The molecule has 0 atom stereocenters. The molecule has 0 bridgehead atoms. The molecule has 1 N–H and O–H groups in total. The summed E-state index contributed by atoms with van der Waals surface area (Å²) < 4.78 is 37.7. The molecule has 0 saturated carbocycles. The van der Waals surface area contributed by atoms with E-state index in [1.54, 1.807) is 0 Å². The van der Waals surface area contributed by atoms with Gasteiger partial charge in [-0.25, -0.2) is 0 Å². The fraction of sp³-hybridized carbons (Fsp3) is 0.176. The van der Waals surface area contributed by atoms with Gasteiger partial charge < -0.3 is 32.9 Å². The zero-order valence-electron chi connectivity index (χ0n) is 22.6. The highest BCUT2D eigenvalue weighted by Crippen LogP contribution is 2.53. The standard InChI is InChI=1S/C34H27O7P/c35-42(40-31-21-23-9-1-5-13-27(23)33(36-17-18-37-33)29-15-7-3-11-25(29)31)41-32-22-24-10-2-6-14-28(24)34(38-19-20-39-34)30-16-8-4-12-26(30)32/h1-16,21-22,35H,17-20H2. The van der Waals surface area contributed by atoms with E-state index in [2.05, 4.69) is 0 Å². The Morgan fingerprint density at radius 2 is 0.857 bits per heavy atom. The molecule has 2 fully saturated rings. The van der Waals surface area contributed by atoms with Crippen molar-refractivity contribution in [3.8, 4) is 0 Å². The van der Waals surface area contributed by atoms with Gasteiger partial charge in [-0.3, -0.25) is 0 Å². The molecule has 8 heteroatoms. The second-order valence-corrected chi connectivity index (χ2v) is 11.2. The summed E-state index contributed by atoms with van der Waals surface area (Å²) in [6.07, 6.45) is 3.81. The van der Waals surface area contributed by atoms with E-state index in [1.165, 1.54) is 0 Å². The van der Waals surface area contributed by atoms with Crippen molar-refractivity contribution in [2.24, 2.45) is 0 Å². The molecule has 0 amide bonds. The predicted molar refractivity (Wildman–Crippen MR) is 158 cm³/mol. The fourth-order valence-electron chi connectivity index (χ4n) is 6.33. The number of benzene rings is 4. The number of ether oxygens (including phenoxy) is 4. The van der Waals surface area contributed by atoms with E-state index in [0.29, 0.717) is 37.9 Å². The first-order chi connectivity index (χ1) is 20.7. The molecule has 4 aromatic carbocycles. The zero-order valence-corrected chi connectivity index (χ0v) is 23.5. The maximum Gasteiger partial charge on any atom is 0.460 e. The highest BCUT2D eigenvalue weighted by molar-refractivity contribution is 7.41. The van der Waals surface area contributed by atoms with Crippen molar-refractivity contribution >= 4 is 32.3 Å². The van der Waals surface area contributed by atoms with E-state index in [0.717, 1.165) is 44.5 Å². The summed E-state index contributed by atoms with van der Waals surface area (Å²) in [6.45, 7) is 1.88. The lowest BCUT2D eigenvalue weighted by molar-refractivity contribution is -0.130. The summed E-state index contributed by atoms with van der Waals surface area (Å²) in [5.74, 6) is -1.19. The van der Waals surface area contributed by atoms with E-state index in [1.807, 2.05) is 109 Å². The molecule has 4 aromatic rings. The predicted octanol–water partition coefficient (Wildman–Crippen LogP) is 6.76. The van der Waals surface area contributed by atoms with Crippen LogP contribution in [0.15, 0.2) is 97.1 Å². The summed E-state index contributed by atoms with van der Waals surface area (Å²) in [6, 6.07) is 31.4. The van der Waals surface area contributed by atoms with Gasteiger partial charge in [-0.1, -0.05) is 97.1 Å². The molecule has 7 nitrogen and oxygen atoms in total. The third kappa shape index (κ3) is 3.97. The Morgan fingerprint density at radius 3 is 1.29 bits per heavy atom. The smallest absolute Gasteiger partial charge is 0.417 e. The van der Waals surface area contributed by atoms with Crippen LogP contribution in [0.2, 0.25) is 0 Å². The van der Waals surface area contributed by atoms with Crippen molar-refractivity contribution in [3.05, 3.63) is 142 Å². The van der Waals surface area contributed by atoms with Gasteiger partial charge in [0, 0.05) is 33.4 Å². The van der Waals surface area contributed by atoms with E-state index in [-0.39, 0.29) is 0 Å². The molecular formula is C34H27O7P. The maximum absolute atomic E-state index is 11.4. The van der Waals surface area contributed by atoms with Gasteiger partial charge in [-0.05, 0) is 23.3 Å². The summed E-state index contributed by atoms with van der Waals surface area (Å²) in [7, 11) is -2.42. The van der Waals surface area contributed by atoms with Crippen LogP contribution in [0.25, 0.3) is 23.7 Å². The number of hydrogen-bond donors (Lipinski definition) is 1. The van der Waals surface area contributed by atoms with Crippen LogP contribution in [-0.2, 0) is 39.6 Å². The molecule has 0 unspecified atom stereocenters. The van der Waals surface area contributed by atoms with Crippen molar-refractivity contribution in [1.29, 1.82) is 0 Å². The summed E-state index contributed by atoms with van der Waals surface area (Å²) in [5, 5.41) is 0. The Labute approximate surface area is 244 Å². The van der Waals surface area contributed by atoms with Crippen LogP contribution >= 0.6 is 8.60 Å². The third-order valence-electron chi connectivity index (χ3n) is 8.04. The molecular weight excluding hydrogens is 551 g/mol. The Morgan fingerprint density at radius 1 is 0.500 bits per heavy atom. The van der Waals surface area contributed by atoms with Crippen LogP contribution in [0, 0.1) is 0 Å². The van der Waals surface area contributed by atoms with E-state index in [4.69, 9.17) is 28.0 Å². The molecule has 2 heterocycles. The first kappa shape index (κ1) is 25.9. The minimum atomic E-state index is -2.42. The average molecular weight is 579 g/mol.